The van der Waals surface area contributed by atoms with E-state index in [2.05, 4.69) is 22.6 Å². The van der Waals surface area contributed by atoms with Crippen LogP contribution in [0.2, 0.25) is 0 Å². The van der Waals surface area contributed by atoms with E-state index in [0.29, 0.717) is 12.5 Å². The molecule has 1 aromatic carbocycles. The standard InChI is InChI=1S/C15H23N3O2/c1-18-7-6-12(11-18)9-16-10-15(19)17-13-4-3-5-14(8-13)20-2/h3-5,8,12,16H,6-7,9-11H2,1-2H3,(H,17,19). The Morgan fingerprint density at radius 3 is 3.05 bits per heavy atom. The Morgan fingerprint density at radius 2 is 2.35 bits per heavy atom. The molecular weight excluding hydrogens is 254 g/mol. The number of anilines is 1. The van der Waals surface area contributed by atoms with Gasteiger partial charge in [-0.05, 0) is 44.6 Å². The Labute approximate surface area is 120 Å². The Hall–Kier alpha value is -1.59. The minimum atomic E-state index is -0.0235. The van der Waals surface area contributed by atoms with Crippen molar-refractivity contribution < 1.29 is 9.53 Å². The summed E-state index contributed by atoms with van der Waals surface area (Å²) < 4.78 is 5.12. The quantitative estimate of drug-likeness (QED) is 0.820. The molecule has 1 atom stereocenters. The zero-order chi connectivity index (χ0) is 14.4. The number of benzene rings is 1. The van der Waals surface area contributed by atoms with Crippen LogP contribution in [0.4, 0.5) is 5.69 Å². The van der Waals surface area contributed by atoms with Gasteiger partial charge in [0.25, 0.3) is 0 Å². The minimum Gasteiger partial charge on any atom is -0.497 e. The fourth-order valence-corrected chi connectivity index (χ4v) is 2.49. The lowest BCUT2D eigenvalue weighted by Gasteiger charge is -2.12. The monoisotopic (exact) mass is 277 g/mol. The fourth-order valence-electron chi connectivity index (χ4n) is 2.49. The van der Waals surface area contributed by atoms with Gasteiger partial charge in [0.1, 0.15) is 5.75 Å². The first-order valence-electron chi connectivity index (χ1n) is 7.00. The molecule has 2 N–H and O–H groups in total. The second kappa shape index (κ2) is 7.26. The molecule has 1 fully saturated rings. The van der Waals surface area contributed by atoms with E-state index in [0.717, 1.165) is 31.1 Å². The maximum Gasteiger partial charge on any atom is 0.238 e. The molecule has 0 bridgehead atoms. The number of hydrogen-bond donors (Lipinski definition) is 2. The van der Waals surface area contributed by atoms with E-state index in [1.807, 2.05) is 24.3 Å². The van der Waals surface area contributed by atoms with Crippen LogP contribution in [0.25, 0.3) is 0 Å². The first-order valence-corrected chi connectivity index (χ1v) is 7.00. The van der Waals surface area contributed by atoms with E-state index in [-0.39, 0.29) is 5.91 Å². The van der Waals surface area contributed by atoms with Crippen LogP contribution < -0.4 is 15.4 Å². The van der Waals surface area contributed by atoms with Crippen LogP contribution in [-0.2, 0) is 4.79 Å². The summed E-state index contributed by atoms with van der Waals surface area (Å²) in [6.45, 7) is 3.51. The van der Waals surface area contributed by atoms with E-state index in [4.69, 9.17) is 4.74 Å². The van der Waals surface area contributed by atoms with Crippen LogP contribution in [0.1, 0.15) is 6.42 Å². The highest BCUT2D eigenvalue weighted by molar-refractivity contribution is 5.92. The third-order valence-electron chi connectivity index (χ3n) is 3.56. The van der Waals surface area contributed by atoms with Crippen molar-refractivity contribution in [2.24, 2.45) is 5.92 Å². The van der Waals surface area contributed by atoms with Crippen molar-refractivity contribution in [1.82, 2.24) is 10.2 Å². The van der Waals surface area contributed by atoms with Gasteiger partial charge in [-0.1, -0.05) is 6.07 Å². The normalized spacial score (nSPS) is 19.0. The van der Waals surface area contributed by atoms with Crippen LogP contribution >= 0.6 is 0 Å². The van der Waals surface area contributed by atoms with E-state index >= 15 is 0 Å². The van der Waals surface area contributed by atoms with Crippen LogP contribution in [0.5, 0.6) is 5.75 Å². The first-order chi connectivity index (χ1) is 9.67. The number of likely N-dealkylation sites (tertiary alicyclic amines) is 1. The largest absolute Gasteiger partial charge is 0.497 e. The summed E-state index contributed by atoms with van der Waals surface area (Å²) in [5, 5.41) is 6.09. The van der Waals surface area contributed by atoms with Crippen LogP contribution in [0.15, 0.2) is 24.3 Å². The molecule has 1 aromatic rings. The van der Waals surface area contributed by atoms with Crippen LogP contribution in [-0.4, -0.2) is 51.1 Å². The SMILES string of the molecule is COc1cccc(NC(=O)CNCC2CCN(C)C2)c1. The van der Waals surface area contributed by atoms with Gasteiger partial charge in [0.2, 0.25) is 5.91 Å². The minimum absolute atomic E-state index is 0.0235. The summed E-state index contributed by atoms with van der Waals surface area (Å²) in [4.78, 5) is 14.1. The average molecular weight is 277 g/mol. The summed E-state index contributed by atoms with van der Waals surface area (Å²) in [7, 11) is 3.75. The Morgan fingerprint density at radius 1 is 1.50 bits per heavy atom. The smallest absolute Gasteiger partial charge is 0.238 e. The zero-order valence-corrected chi connectivity index (χ0v) is 12.2. The summed E-state index contributed by atoms with van der Waals surface area (Å²) in [5.74, 6) is 1.37. The molecule has 0 saturated carbocycles. The summed E-state index contributed by atoms with van der Waals surface area (Å²) in [5.41, 5.74) is 0.761. The number of carbonyl (C=O) groups excluding carboxylic acids is 1. The molecule has 1 aliphatic heterocycles. The van der Waals surface area contributed by atoms with E-state index in [9.17, 15) is 4.79 Å². The van der Waals surface area contributed by atoms with Crippen LogP contribution in [0.3, 0.4) is 0 Å². The van der Waals surface area contributed by atoms with Crippen molar-refractivity contribution >= 4 is 11.6 Å². The third-order valence-corrected chi connectivity index (χ3v) is 3.56. The molecule has 0 aromatic heterocycles. The van der Waals surface area contributed by atoms with Crippen molar-refractivity contribution in [3.8, 4) is 5.75 Å². The molecule has 1 saturated heterocycles. The van der Waals surface area contributed by atoms with Gasteiger partial charge in [0, 0.05) is 18.3 Å². The number of nitrogens with one attached hydrogen (secondary N) is 2. The number of amides is 1. The molecule has 1 heterocycles. The van der Waals surface area contributed by atoms with Gasteiger partial charge < -0.3 is 20.3 Å². The topological polar surface area (TPSA) is 53.6 Å². The molecular formula is C15H23N3O2. The molecule has 0 spiro atoms. The second-order valence-corrected chi connectivity index (χ2v) is 5.33. The van der Waals surface area contributed by atoms with E-state index in [1.54, 1.807) is 7.11 Å². The highest BCUT2D eigenvalue weighted by Gasteiger charge is 2.18. The molecule has 1 aliphatic rings. The summed E-state index contributed by atoms with van der Waals surface area (Å²) in [6.07, 6.45) is 1.21. The Balaban J connectivity index is 1.69. The van der Waals surface area contributed by atoms with Gasteiger partial charge in [-0.25, -0.2) is 0 Å². The number of rotatable bonds is 6. The van der Waals surface area contributed by atoms with Crippen molar-refractivity contribution in [3.63, 3.8) is 0 Å². The number of methoxy groups -OCH3 is 1. The van der Waals surface area contributed by atoms with Crippen molar-refractivity contribution in [3.05, 3.63) is 24.3 Å². The summed E-state index contributed by atoms with van der Waals surface area (Å²) >= 11 is 0. The number of carbonyl (C=O) groups is 1. The number of nitrogens with zero attached hydrogens (tertiary/aromatic N) is 1. The molecule has 0 radical (unpaired) electrons. The molecule has 5 nitrogen and oxygen atoms in total. The maximum absolute atomic E-state index is 11.8. The molecule has 5 heteroatoms. The molecule has 1 unspecified atom stereocenters. The van der Waals surface area contributed by atoms with Gasteiger partial charge in [0.15, 0.2) is 0 Å². The lowest BCUT2D eigenvalue weighted by atomic mass is 10.1. The molecule has 0 aliphatic carbocycles. The van der Waals surface area contributed by atoms with Gasteiger partial charge in [-0.3, -0.25) is 4.79 Å². The second-order valence-electron chi connectivity index (χ2n) is 5.33. The van der Waals surface area contributed by atoms with Gasteiger partial charge in [0.05, 0.1) is 13.7 Å². The van der Waals surface area contributed by atoms with Crippen molar-refractivity contribution in [1.29, 1.82) is 0 Å². The number of hydrogen-bond acceptors (Lipinski definition) is 4. The highest BCUT2D eigenvalue weighted by atomic mass is 16.5. The lowest BCUT2D eigenvalue weighted by Crippen LogP contribution is -2.32. The maximum atomic E-state index is 11.8. The fraction of sp³-hybridized carbons (Fsp3) is 0.533. The third kappa shape index (κ3) is 4.51. The first kappa shape index (κ1) is 14.8. The van der Waals surface area contributed by atoms with Crippen molar-refractivity contribution in [2.45, 2.75) is 6.42 Å². The van der Waals surface area contributed by atoms with Gasteiger partial charge in [-0.15, -0.1) is 0 Å². The Kier molecular flexibility index (Phi) is 5.38. The van der Waals surface area contributed by atoms with Gasteiger partial charge in [-0.2, -0.15) is 0 Å². The zero-order valence-electron chi connectivity index (χ0n) is 12.2. The molecule has 20 heavy (non-hydrogen) atoms. The van der Waals surface area contributed by atoms with E-state index < -0.39 is 0 Å². The lowest BCUT2D eigenvalue weighted by molar-refractivity contribution is -0.115. The van der Waals surface area contributed by atoms with Gasteiger partial charge >= 0.3 is 0 Å². The predicted octanol–water partition coefficient (Wildman–Crippen LogP) is 1.17. The highest BCUT2D eigenvalue weighted by Crippen LogP contribution is 2.16. The average Bonchev–Trinajstić information content (AvgIpc) is 2.84. The van der Waals surface area contributed by atoms with Crippen molar-refractivity contribution in [2.75, 3.05) is 45.7 Å². The summed E-state index contributed by atoms with van der Waals surface area (Å²) in [6, 6.07) is 7.37. The van der Waals surface area contributed by atoms with Crippen LogP contribution in [0, 0.1) is 5.92 Å². The van der Waals surface area contributed by atoms with E-state index in [1.165, 1.54) is 6.42 Å². The Bertz CT molecular complexity index is 450. The molecule has 2 rings (SSSR count). The molecule has 1 amide bonds. The number of ether oxygens (including phenoxy) is 1. The molecule has 110 valence electrons. The predicted molar refractivity (Wildman–Crippen MR) is 80.1 cm³/mol.